The van der Waals surface area contributed by atoms with Gasteiger partial charge in [0.15, 0.2) is 5.69 Å². The van der Waals surface area contributed by atoms with Gasteiger partial charge in [0.2, 0.25) is 0 Å². The lowest BCUT2D eigenvalue weighted by atomic mass is 10.1. The summed E-state index contributed by atoms with van der Waals surface area (Å²) in [5, 5.41) is 8.56. The summed E-state index contributed by atoms with van der Waals surface area (Å²) in [7, 11) is 1.46. The van der Waals surface area contributed by atoms with E-state index in [2.05, 4.69) is 31.6 Å². The molecule has 8 heteroatoms. The van der Waals surface area contributed by atoms with Crippen molar-refractivity contribution in [1.29, 1.82) is 0 Å². The molecule has 0 saturated carbocycles. The highest BCUT2D eigenvalue weighted by atomic mass is 79.9. The summed E-state index contributed by atoms with van der Waals surface area (Å²) in [6.07, 6.45) is 1.20. The topological polar surface area (TPSA) is 76.3 Å². The Kier molecular flexibility index (Phi) is 4.71. The first-order valence-electron chi connectivity index (χ1n) is 7.22. The lowest BCUT2D eigenvalue weighted by molar-refractivity contribution is 0.0950. The molecule has 6 nitrogen and oxygen atoms in total. The zero-order valence-electron chi connectivity index (χ0n) is 13.0. The Morgan fingerprint density at radius 2 is 2.00 bits per heavy atom. The summed E-state index contributed by atoms with van der Waals surface area (Å²) in [4.78, 5) is 24.4. The standard InChI is InChI=1S/C17H12BrFN4O2/c1-23-17(25)13-5-3-2-4-12(13)15(22-23)16(24)21-20-9-10-6-7-11(18)8-14(10)19/h2-9H,1H3,(H,21,24)/b20-9-. The molecule has 1 amide bonds. The number of hydrogen-bond acceptors (Lipinski definition) is 4. The number of carbonyl (C=O) groups excluding carboxylic acids is 1. The van der Waals surface area contributed by atoms with Gasteiger partial charge < -0.3 is 0 Å². The second-order valence-electron chi connectivity index (χ2n) is 5.19. The number of nitrogens with one attached hydrogen (secondary N) is 1. The number of fused-ring (bicyclic) bond motifs is 1. The highest BCUT2D eigenvalue weighted by molar-refractivity contribution is 9.10. The molecule has 1 aromatic heterocycles. The SMILES string of the molecule is Cn1nc(C(=O)N/N=C\c2ccc(Br)cc2F)c2ccccc2c1=O. The van der Waals surface area contributed by atoms with Crippen molar-refractivity contribution in [3.05, 3.63) is 74.4 Å². The van der Waals surface area contributed by atoms with Crippen LogP contribution < -0.4 is 11.0 Å². The molecular weight excluding hydrogens is 391 g/mol. The van der Waals surface area contributed by atoms with Crippen LogP contribution in [0.5, 0.6) is 0 Å². The molecule has 0 spiro atoms. The smallest absolute Gasteiger partial charge is 0.267 e. The molecule has 3 rings (SSSR count). The molecule has 0 unspecified atom stereocenters. The van der Waals surface area contributed by atoms with E-state index in [4.69, 9.17) is 0 Å². The van der Waals surface area contributed by atoms with Crippen molar-refractivity contribution >= 4 is 38.8 Å². The molecule has 0 fully saturated rings. The van der Waals surface area contributed by atoms with Gasteiger partial charge in [-0.3, -0.25) is 9.59 Å². The molecule has 1 N–H and O–H groups in total. The molecule has 0 aliphatic rings. The minimum absolute atomic E-state index is 0.0612. The largest absolute Gasteiger partial charge is 0.292 e. The van der Waals surface area contributed by atoms with E-state index >= 15 is 0 Å². The Morgan fingerprint density at radius 1 is 1.28 bits per heavy atom. The van der Waals surface area contributed by atoms with Gasteiger partial charge in [0.1, 0.15) is 5.82 Å². The van der Waals surface area contributed by atoms with Gasteiger partial charge in [0.05, 0.1) is 11.6 Å². The maximum Gasteiger partial charge on any atom is 0.292 e. The van der Waals surface area contributed by atoms with Crippen LogP contribution in [0.2, 0.25) is 0 Å². The van der Waals surface area contributed by atoms with Crippen molar-refractivity contribution in [2.24, 2.45) is 12.1 Å². The van der Waals surface area contributed by atoms with Crippen LogP contribution in [0.4, 0.5) is 4.39 Å². The average molecular weight is 403 g/mol. The molecule has 0 aliphatic heterocycles. The summed E-state index contributed by atoms with van der Waals surface area (Å²) in [6, 6.07) is 11.2. The third-order valence-electron chi connectivity index (χ3n) is 3.50. The first-order valence-corrected chi connectivity index (χ1v) is 8.01. The summed E-state index contributed by atoms with van der Waals surface area (Å²) in [6.45, 7) is 0. The molecule has 2 aromatic carbocycles. The summed E-state index contributed by atoms with van der Waals surface area (Å²) < 4.78 is 15.4. The first-order chi connectivity index (χ1) is 12.0. The van der Waals surface area contributed by atoms with Gasteiger partial charge in [0, 0.05) is 22.5 Å². The fraction of sp³-hybridized carbons (Fsp3) is 0.0588. The monoisotopic (exact) mass is 402 g/mol. The minimum atomic E-state index is -0.597. The Morgan fingerprint density at radius 3 is 2.72 bits per heavy atom. The molecule has 126 valence electrons. The van der Waals surface area contributed by atoms with Crippen molar-refractivity contribution in [3.8, 4) is 0 Å². The highest BCUT2D eigenvalue weighted by Crippen LogP contribution is 2.14. The van der Waals surface area contributed by atoms with E-state index in [1.165, 1.54) is 25.4 Å². The zero-order valence-corrected chi connectivity index (χ0v) is 14.6. The molecule has 0 radical (unpaired) electrons. The van der Waals surface area contributed by atoms with Gasteiger partial charge in [-0.1, -0.05) is 34.1 Å². The Balaban J connectivity index is 1.89. The van der Waals surface area contributed by atoms with Crippen LogP contribution in [-0.4, -0.2) is 21.9 Å². The highest BCUT2D eigenvalue weighted by Gasteiger charge is 2.14. The van der Waals surface area contributed by atoms with E-state index in [9.17, 15) is 14.0 Å². The van der Waals surface area contributed by atoms with Crippen LogP contribution in [0.1, 0.15) is 16.1 Å². The van der Waals surface area contributed by atoms with E-state index in [-0.39, 0.29) is 16.8 Å². The van der Waals surface area contributed by atoms with Crippen LogP contribution in [0.3, 0.4) is 0 Å². The summed E-state index contributed by atoms with van der Waals surface area (Å²) >= 11 is 3.16. The molecule has 0 bridgehead atoms. The van der Waals surface area contributed by atoms with E-state index in [1.807, 2.05) is 0 Å². The van der Waals surface area contributed by atoms with E-state index in [1.54, 1.807) is 30.3 Å². The van der Waals surface area contributed by atoms with Crippen LogP contribution in [-0.2, 0) is 7.05 Å². The summed E-state index contributed by atoms with van der Waals surface area (Å²) in [5.41, 5.74) is 2.29. The first kappa shape index (κ1) is 17.0. The van der Waals surface area contributed by atoms with E-state index in [0.717, 1.165) is 4.68 Å². The van der Waals surface area contributed by atoms with Crippen molar-refractivity contribution in [2.75, 3.05) is 0 Å². The fourth-order valence-electron chi connectivity index (χ4n) is 2.29. The maximum atomic E-state index is 13.7. The Labute approximate surface area is 150 Å². The number of benzene rings is 2. The number of hydrazone groups is 1. The number of nitrogens with zero attached hydrogens (tertiary/aromatic N) is 3. The quantitative estimate of drug-likeness (QED) is 0.540. The Hall–Kier alpha value is -2.87. The predicted octanol–water partition coefficient (Wildman–Crippen LogP) is 2.60. The minimum Gasteiger partial charge on any atom is -0.267 e. The number of aromatic nitrogens is 2. The van der Waals surface area contributed by atoms with Crippen molar-refractivity contribution < 1.29 is 9.18 Å². The van der Waals surface area contributed by atoms with E-state index < -0.39 is 11.7 Å². The van der Waals surface area contributed by atoms with Gasteiger partial charge in [-0.15, -0.1) is 0 Å². The lowest BCUT2D eigenvalue weighted by Gasteiger charge is -2.06. The number of carbonyl (C=O) groups is 1. The fourth-order valence-corrected chi connectivity index (χ4v) is 2.62. The van der Waals surface area contributed by atoms with Gasteiger partial charge in [-0.2, -0.15) is 10.2 Å². The second-order valence-corrected chi connectivity index (χ2v) is 6.10. The van der Waals surface area contributed by atoms with Gasteiger partial charge in [-0.25, -0.2) is 14.5 Å². The number of amides is 1. The maximum absolute atomic E-state index is 13.7. The van der Waals surface area contributed by atoms with Crippen molar-refractivity contribution in [1.82, 2.24) is 15.2 Å². The Bertz CT molecular complexity index is 1060. The number of halogens is 2. The molecule has 0 saturated heterocycles. The van der Waals surface area contributed by atoms with Crippen LogP contribution in [0.15, 0.2) is 56.8 Å². The molecule has 25 heavy (non-hydrogen) atoms. The van der Waals surface area contributed by atoms with Gasteiger partial charge in [-0.05, 0) is 24.3 Å². The predicted molar refractivity (Wildman–Crippen MR) is 96.1 cm³/mol. The van der Waals surface area contributed by atoms with Crippen LogP contribution in [0, 0.1) is 5.82 Å². The number of rotatable bonds is 3. The van der Waals surface area contributed by atoms with E-state index in [0.29, 0.717) is 15.2 Å². The number of hydrogen-bond donors (Lipinski definition) is 1. The molecule has 0 aliphatic carbocycles. The lowest BCUT2D eigenvalue weighted by Crippen LogP contribution is -2.27. The average Bonchev–Trinajstić information content (AvgIpc) is 2.60. The second kappa shape index (κ2) is 6.94. The van der Waals surface area contributed by atoms with Crippen LogP contribution in [0.25, 0.3) is 10.8 Å². The van der Waals surface area contributed by atoms with Gasteiger partial charge >= 0.3 is 0 Å². The van der Waals surface area contributed by atoms with Crippen LogP contribution >= 0.6 is 15.9 Å². The third kappa shape index (κ3) is 3.48. The normalized spacial score (nSPS) is 11.2. The van der Waals surface area contributed by atoms with Crippen molar-refractivity contribution in [2.45, 2.75) is 0 Å². The van der Waals surface area contributed by atoms with Gasteiger partial charge in [0.25, 0.3) is 11.5 Å². The molecule has 1 heterocycles. The van der Waals surface area contributed by atoms with Crippen molar-refractivity contribution in [3.63, 3.8) is 0 Å². The molecule has 0 atom stereocenters. The molecular formula is C17H12BrFN4O2. The summed E-state index contributed by atoms with van der Waals surface area (Å²) in [5.74, 6) is -1.07. The molecule has 3 aromatic rings. The number of aryl methyl sites for hydroxylation is 1. The third-order valence-corrected chi connectivity index (χ3v) is 4.00. The zero-order chi connectivity index (χ0) is 18.0.